The minimum absolute atomic E-state index is 0.0345. The molecule has 1 saturated carbocycles. The standard InChI is InChI=1S/C15H19N3O3/c1-11(9-15(2,10-16)17-12-3-4-12)21-14-7-5-13(6-8-14)18(19)20/h5-8,11-12,17H,3-4,9H2,1-2H3. The van der Waals surface area contributed by atoms with Crippen molar-refractivity contribution in [1.29, 1.82) is 5.26 Å². The molecule has 2 rings (SSSR count). The van der Waals surface area contributed by atoms with Gasteiger partial charge in [-0.05, 0) is 38.8 Å². The van der Waals surface area contributed by atoms with Crippen molar-refractivity contribution in [3.63, 3.8) is 0 Å². The summed E-state index contributed by atoms with van der Waals surface area (Å²) in [6, 6.07) is 8.73. The second-order valence-corrected chi connectivity index (χ2v) is 5.75. The fourth-order valence-electron chi connectivity index (χ4n) is 2.31. The maximum Gasteiger partial charge on any atom is 0.269 e. The van der Waals surface area contributed by atoms with Crippen LogP contribution >= 0.6 is 0 Å². The molecule has 0 radical (unpaired) electrons. The molecule has 0 amide bonds. The number of nitrogens with zero attached hydrogens (tertiary/aromatic N) is 2. The minimum atomic E-state index is -0.610. The molecule has 1 aliphatic rings. The van der Waals surface area contributed by atoms with Crippen molar-refractivity contribution in [1.82, 2.24) is 5.32 Å². The molecule has 1 aromatic carbocycles. The molecule has 1 fully saturated rings. The van der Waals surface area contributed by atoms with E-state index in [0.717, 1.165) is 12.8 Å². The van der Waals surface area contributed by atoms with E-state index in [1.165, 1.54) is 12.1 Å². The van der Waals surface area contributed by atoms with Gasteiger partial charge in [0.2, 0.25) is 0 Å². The molecule has 6 heteroatoms. The normalized spacial score (nSPS) is 18.3. The average Bonchev–Trinajstić information content (AvgIpc) is 3.22. The summed E-state index contributed by atoms with van der Waals surface area (Å²) in [5.41, 5.74) is -0.575. The highest BCUT2D eigenvalue weighted by Crippen LogP contribution is 2.26. The first-order chi connectivity index (χ1) is 9.92. The molecule has 21 heavy (non-hydrogen) atoms. The summed E-state index contributed by atoms with van der Waals surface area (Å²) in [7, 11) is 0. The summed E-state index contributed by atoms with van der Waals surface area (Å²) >= 11 is 0. The lowest BCUT2D eigenvalue weighted by Crippen LogP contribution is -2.45. The topological polar surface area (TPSA) is 88.2 Å². The highest BCUT2D eigenvalue weighted by Gasteiger charge is 2.34. The largest absolute Gasteiger partial charge is 0.491 e. The summed E-state index contributed by atoms with van der Waals surface area (Å²) in [6.07, 6.45) is 2.63. The Bertz CT molecular complexity index is 548. The zero-order chi connectivity index (χ0) is 15.5. The molecular weight excluding hydrogens is 270 g/mol. The van der Waals surface area contributed by atoms with E-state index < -0.39 is 10.5 Å². The van der Waals surface area contributed by atoms with Crippen molar-refractivity contribution in [2.75, 3.05) is 0 Å². The van der Waals surface area contributed by atoms with Crippen LogP contribution < -0.4 is 10.1 Å². The van der Waals surface area contributed by atoms with E-state index in [2.05, 4.69) is 11.4 Å². The SMILES string of the molecule is CC(CC(C)(C#N)NC1CC1)Oc1ccc([N+](=O)[O-])cc1. The van der Waals surface area contributed by atoms with Gasteiger partial charge in [0.1, 0.15) is 11.3 Å². The number of nitriles is 1. The first-order valence-electron chi connectivity index (χ1n) is 7.02. The van der Waals surface area contributed by atoms with Gasteiger partial charge in [-0.2, -0.15) is 5.26 Å². The van der Waals surface area contributed by atoms with E-state index in [1.54, 1.807) is 12.1 Å². The van der Waals surface area contributed by atoms with E-state index in [9.17, 15) is 15.4 Å². The molecule has 0 spiro atoms. The maximum absolute atomic E-state index is 10.6. The molecular formula is C15H19N3O3. The molecule has 1 N–H and O–H groups in total. The van der Waals surface area contributed by atoms with Gasteiger partial charge in [0.25, 0.3) is 5.69 Å². The van der Waals surface area contributed by atoms with Gasteiger partial charge in [-0.15, -0.1) is 0 Å². The molecule has 2 atom stereocenters. The molecule has 0 aromatic heterocycles. The van der Waals surface area contributed by atoms with E-state index in [1.807, 2.05) is 13.8 Å². The number of benzene rings is 1. The fourth-order valence-corrected chi connectivity index (χ4v) is 2.31. The van der Waals surface area contributed by atoms with Crippen LogP contribution in [0.3, 0.4) is 0 Å². The monoisotopic (exact) mass is 289 g/mol. The molecule has 0 aliphatic heterocycles. The third kappa shape index (κ3) is 4.43. The van der Waals surface area contributed by atoms with Crippen LogP contribution in [-0.4, -0.2) is 22.6 Å². The number of nitro groups is 1. The Hall–Kier alpha value is -2.13. The number of rotatable bonds is 7. The molecule has 0 bridgehead atoms. The second-order valence-electron chi connectivity index (χ2n) is 5.75. The van der Waals surface area contributed by atoms with Gasteiger partial charge in [-0.1, -0.05) is 0 Å². The van der Waals surface area contributed by atoms with Crippen LogP contribution in [0.15, 0.2) is 24.3 Å². The van der Waals surface area contributed by atoms with E-state index >= 15 is 0 Å². The lowest BCUT2D eigenvalue weighted by molar-refractivity contribution is -0.384. The zero-order valence-corrected chi connectivity index (χ0v) is 12.2. The van der Waals surface area contributed by atoms with Crippen molar-refractivity contribution in [3.05, 3.63) is 34.4 Å². The Labute approximate surface area is 123 Å². The summed E-state index contributed by atoms with van der Waals surface area (Å²) in [6.45, 7) is 3.77. The van der Waals surface area contributed by atoms with Crippen LogP contribution in [0.1, 0.15) is 33.1 Å². The summed E-state index contributed by atoms with van der Waals surface area (Å²) in [4.78, 5) is 10.1. The van der Waals surface area contributed by atoms with E-state index in [4.69, 9.17) is 4.74 Å². The molecule has 0 saturated heterocycles. The molecule has 1 aliphatic carbocycles. The third-order valence-electron chi connectivity index (χ3n) is 3.43. The first kappa shape index (κ1) is 15.3. The van der Waals surface area contributed by atoms with Crippen molar-refractivity contribution < 1.29 is 9.66 Å². The Balaban J connectivity index is 1.92. The van der Waals surface area contributed by atoms with Gasteiger partial charge in [0.05, 0.1) is 17.1 Å². The Morgan fingerprint density at radius 1 is 1.52 bits per heavy atom. The lowest BCUT2D eigenvalue weighted by Gasteiger charge is -2.27. The predicted molar refractivity (Wildman–Crippen MR) is 78.0 cm³/mol. The first-order valence-corrected chi connectivity index (χ1v) is 7.02. The zero-order valence-electron chi connectivity index (χ0n) is 12.2. The van der Waals surface area contributed by atoms with Crippen LogP contribution in [0.25, 0.3) is 0 Å². The van der Waals surface area contributed by atoms with Crippen LogP contribution in [0.4, 0.5) is 5.69 Å². The van der Waals surface area contributed by atoms with Gasteiger partial charge >= 0.3 is 0 Å². The molecule has 0 heterocycles. The van der Waals surface area contributed by atoms with Crippen LogP contribution in [-0.2, 0) is 0 Å². The molecule has 2 unspecified atom stereocenters. The Kier molecular flexibility index (Phi) is 4.43. The number of non-ortho nitro benzene ring substituents is 1. The number of ether oxygens (including phenoxy) is 1. The quantitative estimate of drug-likeness (QED) is 0.616. The third-order valence-corrected chi connectivity index (χ3v) is 3.43. The fraction of sp³-hybridized carbons (Fsp3) is 0.533. The van der Waals surface area contributed by atoms with Gasteiger partial charge in [-0.3, -0.25) is 15.4 Å². The summed E-state index contributed by atoms with van der Waals surface area (Å²) < 4.78 is 5.73. The smallest absolute Gasteiger partial charge is 0.269 e. The highest BCUT2D eigenvalue weighted by atomic mass is 16.6. The summed E-state index contributed by atoms with van der Waals surface area (Å²) in [5.74, 6) is 0.569. The molecule has 1 aromatic rings. The van der Waals surface area contributed by atoms with Crippen molar-refractivity contribution >= 4 is 5.69 Å². The average molecular weight is 289 g/mol. The van der Waals surface area contributed by atoms with Crippen molar-refractivity contribution in [2.45, 2.75) is 50.8 Å². The van der Waals surface area contributed by atoms with Crippen LogP contribution in [0, 0.1) is 21.4 Å². The Morgan fingerprint density at radius 2 is 2.14 bits per heavy atom. The number of hydrogen-bond donors (Lipinski definition) is 1. The van der Waals surface area contributed by atoms with Crippen LogP contribution in [0.5, 0.6) is 5.75 Å². The number of nitrogens with one attached hydrogen (secondary N) is 1. The molecule has 112 valence electrons. The Morgan fingerprint density at radius 3 is 2.62 bits per heavy atom. The predicted octanol–water partition coefficient (Wildman–Crippen LogP) is 2.79. The van der Waals surface area contributed by atoms with Crippen molar-refractivity contribution in [2.24, 2.45) is 0 Å². The number of nitro benzene ring substituents is 1. The van der Waals surface area contributed by atoms with Crippen LogP contribution in [0.2, 0.25) is 0 Å². The van der Waals surface area contributed by atoms with E-state index in [0.29, 0.717) is 18.2 Å². The van der Waals surface area contributed by atoms with E-state index in [-0.39, 0.29) is 11.8 Å². The second kappa shape index (κ2) is 6.10. The highest BCUT2D eigenvalue weighted by molar-refractivity contribution is 5.36. The van der Waals surface area contributed by atoms with Gasteiger partial charge in [0, 0.05) is 24.6 Å². The van der Waals surface area contributed by atoms with Gasteiger partial charge < -0.3 is 4.74 Å². The number of hydrogen-bond acceptors (Lipinski definition) is 5. The minimum Gasteiger partial charge on any atom is -0.491 e. The maximum atomic E-state index is 10.6. The summed E-state index contributed by atoms with van der Waals surface area (Å²) in [5, 5.41) is 23.2. The van der Waals surface area contributed by atoms with Crippen molar-refractivity contribution in [3.8, 4) is 11.8 Å². The lowest BCUT2D eigenvalue weighted by atomic mass is 9.96. The van der Waals surface area contributed by atoms with Gasteiger partial charge in [-0.25, -0.2) is 0 Å². The van der Waals surface area contributed by atoms with Gasteiger partial charge in [0.15, 0.2) is 0 Å². The molecule has 6 nitrogen and oxygen atoms in total.